The third-order valence-electron chi connectivity index (χ3n) is 4.31. The molecule has 0 radical (unpaired) electrons. The Morgan fingerprint density at radius 2 is 0.971 bits per heavy atom. The molecule has 0 atom stereocenters. The van der Waals surface area contributed by atoms with Crippen molar-refractivity contribution in [2.24, 2.45) is 0 Å². The summed E-state index contributed by atoms with van der Waals surface area (Å²) in [5.74, 6) is 0. The Balaban J connectivity index is 0.000000761. The van der Waals surface area contributed by atoms with Crippen molar-refractivity contribution in [3.05, 3.63) is 29.8 Å². The maximum absolute atomic E-state index is 11.9. The van der Waals surface area contributed by atoms with Gasteiger partial charge in [-0.2, -0.15) is 8.42 Å². The number of aryl methyl sites for hydroxylation is 1. The summed E-state index contributed by atoms with van der Waals surface area (Å²) in [7, 11) is -3.71. The molecule has 10 heteroatoms. The summed E-state index contributed by atoms with van der Waals surface area (Å²) in [6, 6.07) is 6.51. The van der Waals surface area contributed by atoms with Gasteiger partial charge >= 0.3 is 0 Å². The van der Waals surface area contributed by atoms with E-state index < -0.39 is 10.1 Å². The van der Waals surface area contributed by atoms with Crippen molar-refractivity contribution in [2.45, 2.75) is 45.4 Å². The predicted molar refractivity (Wildman–Crippen MR) is 135 cm³/mol. The van der Waals surface area contributed by atoms with E-state index in [1.807, 2.05) is 20.8 Å². The van der Waals surface area contributed by atoms with E-state index in [1.54, 1.807) is 12.1 Å². The minimum Gasteiger partial charge on any atom is -0.379 e. The first-order chi connectivity index (χ1) is 17.0. The van der Waals surface area contributed by atoms with Crippen LogP contribution in [0.25, 0.3) is 0 Å². The largest absolute Gasteiger partial charge is 0.379 e. The monoisotopic (exact) mass is 522 g/mol. The lowest BCUT2D eigenvalue weighted by Gasteiger charge is -2.07. The van der Waals surface area contributed by atoms with Crippen LogP contribution in [0.5, 0.6) is 0 Å². The molecule has 0 amide bonds. The van der Waals surface area contributed by atoms with Gasteiger partial charge in [-0.15, -0.1) is 0 Å². The minimum absolute atomic E-state index is 0.0187. The van der Waals surface area contributed by atoms with Gasteiger partial charge < -0.3 is 28.4 Å². The smallest absolute Gasteiger partial charge is 0.297 e. The van der Waals surface area contributed by atoms with Crippen molar-refractivity contribution < 1.29 is 41.0 Å². The summed E-state index contributed by atoms with van der Waals surface area (Å²) in [6.07, 6.45) is 2.32. The van der Waals surface area contributed by atoms with Crippen LogP contribution in [0.3, 0.4) is 0 Å². The molecule has 0 bridgehead atoms. The van der Waals surface area contributed by atoms with E-state index in [0.717, 1.165) is 25.2 Å². The van der Waals surface area contributed by atoms with E-state index >= 15 is 0 Å². The molecule has 0 aliphatic rings. The quantitative estimate of drug-likeness (QED) is 0.167. The molecule has 0 saturated heterocycles. The number of ether oxygens (including phenoxy) is 6. The van der Waals surface area contributed by atoms with Gasteiger partial charge in [-0.25, -0.2) is 0 Å². The summed E-state index contributed by atoms with van der Waals surface area (Å²) in [4.78, 5) is 0.150. The van der Waals surface area contributed by atoms with Crippen LogP contribution in [0, 0.1) is 6.92 Å². The zero-order chi connectivity index (χ0) is 26.0. The van der Waals surface area contributed by atoms with Gasteiger partial charge in [-0.05, 0) is 39.3 Å². The summed E-state index contributed by atoms with van der Waals surface area (Å²) in [5.41, 5.74) is 0.992. The lowest BCUT2D eigenvalue weighted by Crippen LogP contribution is -2.14. The number of unbranched alkanes of at least 4 members (excludes halogenated alkanes) is 1. The average Bonchev–Trinajstić information content (AvgIpc) is 2.85. The van der Waals surface area contributed by atoms with Gasteiger partial charge in [0.25, 0.3) is 10.1 Å². The molecule has 35 heavy (non-hydrogen) atoms. The molecule has 0 N–H and O–H groups in total. The van der Waals surface area contributed by atoms with Crippen LogP contribution < -0.4 is 0 Å². The van der Waals surface area contributed by atoms with Gasteiger partial charge in [0, 0.05) is 19.8 Å². The molecule has 0 saturated carbocycles. The predicted octanol–water partition coefficient (Wildman–Crippen LogP) is 3.63. The van der Waals surface area contributed by atoms with Crippen molar-refractivity contribution in [3.63, 3.8) is 0 Å². The van der Waals surface area contributed by atoms with E-state index in [1.165, 1.54) is 18.6 Å². The first-order valence-electron chi connectivity index (χ1n) is 12.4. The Bertz CT molecular complexity index is 656. The van der Waals surface area contributed by atoms with Gasteiger partial charge in [0.15, 0.2) is 0 Å². The average molecular weight is 523 g/mol. The Hall–Kier alpha value is -1.11. The Morgan fingerprint density at radius 3 is 1.40 bits per heavy atom. The highest BCUT2D eigenvalue weighted by atomic mass is 32.2. The highest BCUT2D eigenvalue weighted by Gasteiger charge is 2.14. The number of benzene rings is 1. The fourth-order valence-electron chi connectivity index (χ4n) is 2.39. The number of rotatable bonds is 22. The summed E-state index contributed by atoms with van der Waals surface area (Å²) < 4.78 is 59.9. The molecule has 1 aromatic carbocycles. The van der Waals surface area contributed by atoms with Gasteiger partial charge in [-0.1, -0.05) is 31.0 Å². The Morgan fingerprint density at radius 1 is 0.571 bits per heavy atom. The van der Waals surface area contributed by atoms with E-state index in [9.17, 15) is 8.42 Å². The van der Waals surface area contributed by atoms with Crippen LogP contribution in [-0.4, -0.2) is 94.3 Å². The van der Waals surface area contributed by atoms with Crippen molar-refractivity contribution in [1.82, 2.24) is 0 Å². The molecule has 0 spiro atoms. The molecular weight excluding hydrogens is 476 g/mol. The summed E-state index contributed by atoms with van der Waals surface area (Å²) >= 11 is 0. The molecule has 0 aliphatic heterocycles. The van der Waals surface area contributed by atoms with Crippen LogP contribution in [0.2, 0.25) is 0 Å². The van der Waals surface area contributed by atoms with E-state index in [-0.39, 0.29) is 18.1 Å². The Kier molecular flexibility index (Phi) is 23.8. The fourth-order valence-corrected chi connectivity index (χ4v) is 3.28. The standard InChI is InChI=1S/C15H24O6S.C10H22O3/c1-3-18-8-9-19-10-11-20-12-13-21-22(16,17)15-6-4-14(2)5-7-15;1-3-5-6-12-9-10-13-8-7-11-4-2/h4-7H,3,8-13H2,1-2H3;3-10H2,1-2H3. The molecule has 9 nitrogen and oxygen atoms in total. The van der Waals surface area contributed by atoms with Crippen LogP contribution in [0.1, 0.15) is 39.2 Å². The van der Waals surface area contributed by atoms with Crippen LogP contribution in [-0.2, 0) is 42.7 Å². The highest BCUT2D eigenvalue weighted by Crippen LogP contribution is 2.12. The first-order valence-corrected chi connectivity index (χ1v) is 13.8. The fraction of sp³-hybridized carbons (Fsp3) is 0.760. The second-order valence-corrected chi connectivity index (χ2v) is 8.90. The highest BCUT2D eigenvalue weighted by molar-refractivity contribution is 7.86. The van der Waals surface area contributed by atoms with Gasteiger partial charge in [0.05, 0.1) is 71.0 Å². The second kappa shape index (κ2) is 24.6. The SMILES string of the molecule is CCCCOCCOCCOCC.CCOCCOCCOCCOS(=O)(=O)c1ccc(C)cc1. The summed E-state index contributed by atoms with van der Waals surface area (Å²) in [5, 5.41) is 0. The minimum atomic E-state index is -3.71. The third kappa shape index (κ3) is 21.9. The maximum atomic E-state index is 11.9. The van der Waals surface area contributed by atoms with E-state index in [0.29, 0.717) is 59.5 Å². The third-order valence-corrected chi connectivity index (χ3v) is 5.64. The molecule has 0 fully saturated rings. The molecule has 0 aliphatic carbocycles. The molecule has 0 aromatic heterocycles. The van der Waals surface area contributed by atoms with Gasteiger partial charge in [0.1, 0.15) is 0 Å². The normalized spacial score (nSPS) is 11.3. The van der Waals surface area contributed by atoms with Gasteiger partial charge in [-0.3, -0.25) is 4.18 Å². The molecule has 1 aromatic rings. The summed E-state index contributed by atoms with van der Waals surface area (Å²) in [6.45, 7) is 15.1. The number of hydrogen-bond donors (Lipinski definition) is 0. The van der Waals surface area contributed by atoms with Crippen molar-refractivity contribution in [2.75, 3.05) is 85.9 Å². The maximum Gasteiger partial charge on any atom is 0.297 e. The van der Waals surface area contributed by atoms with Crippen LogP contribution in [0.15, 0.2) is 29.2 Å². The molecular formula is C25H46O9S. The second-order valence-electron chi connectivity index (χ2n) is 7.29. The molecule has 206 valence electrons. The van der Waals surface area contributed by atoms with Crippen LogP contribution >= 0.6 is 0 Å². The zero-order valence-electron chi connectivity index (χ0n) is 22.0. The lowest BCUT2D eigenvalue weighted by atomic mass is 10.2. The first kappa shape index (κ1) is 33.9. The lowest BCUT2D eigenvalue weighted by molar-refractivity contribution is 0.0117. The van der Waals surface area contributed by atoms with Crippen molar-refractivity contribution >= 4 is 10.1 Å². The number of hydrogen-bond acceptors (Lipinski definition) is 9. The molecule has 0 heterocycles. The molecule has 1 rings (SSSR count). The van der Waals surface area contributed by atoms with Gasteiger partial charge in [0.2, 0.25) is 0 Å². The molecule has 0 unspecified atom stereocenters. The van der Waals surface area contributed by atoms with E-state index in [4.69, 9.17) is 32.6 Å². The zero-order valence-corrected chi connectivity index (χ0v) is 22.8. The van der Waals surface area contributed by atoms with Crippen LogP contribution in [0.4, 0.5) is 0 Å². The topological polar surface area (TPSA) is 98.8 Å². The van der Waals surface area contributed by atoms with Crippen molar-refractivity contribution in [1.29, 1.82) is 0 Å². The Labute approximate surface area is 212 Å². The van der Waals surface area contributed by atoms with E-state index in [2.05, 4.69) is 6.92 Å². The van der Waals surface area contributed by atoms with Crippen molar-refractivity contribution in [3.8, 4) is 0 Å².